The van der Waals surface area contributed by atoms with E-state index in [0.29, 0.717) is 13.1 Å². The van der Waals surface area contributed by atoms with Crippen LogP contribution in [0.3, 0.4) is 0 Å². The van der Waals surface area contributed by atoms with Gasteiger partial charge in [0.25, 0.3) is 15.9 Å². The van der Waals surface area contributed by atoms with E-state index in [1.807, 2.05) is 0 Å². The smallest absolute Gasteiger partial charge is 0.257 e. The van der Waals surface area contributed by atoms with Gasteiger partial charge in [-0.25, -0.2) is 12.8 Å². The molecule has 2 aliphatic rings. The molecule has 0 saturated carbocycles. The molecular formula is C20H24FN3O3S. The molecule has 8 heteroatoms. The summed E-state index contributed by atoms with van der Waals surface area (Å²) in [4.78, 5) is 16.6. The van der Waals surface area contributed by atoms with Crippen LogP contribution in [0.15, 0.2) is 52.6 Å². The molecule has 3 rings (SSSR count). The second kappa shape index (κ2) is 8.68. The highest BCUT2D eigenvalue weighted by atomic mass is 32.2. The third-order valence-corrected chi connectivity index (χ3v) is 5.84. The number of hydrogen-bond donors (Lipinski definition) is 0. The number of rotatable bonds is 7. The Bertz CT molecular complexity index is 921. The van der Waals surface area contributed by atoms with E-state index < -0.39 is 10.0 Å². The van der Waals surface area contributed by atoms with E-state index in [-0.39, 0.29) is 35.4 Å². The number of hydrogen-bond acceptors (Lipinski definition) is 4. The van der Waals surface area contributed by atoms with E-state index in [1.165, 1.54) is 12.1 Å². The lowest BCUT2D eigenvalue weighted by Crippen LogP contribution is -2.43. The first-order valence-electron chi connectivity index (χ1n) is 9.41. The van der Waals surface area contributed by atoms with E-state index in [0.717, 1.165) is 24.8 Å². The number of amidine groups is 1. The van der Waals surface area contributed by atoms with Gasteiger partial charge < -0.3 is 9.80 Å². The van der Waals surface area contributed by atoms with E-state index in [4.69, 9.17) is 0 Å². The van der Waals surface area contributed by atoms with Crippen LogP contribution in [0.5, 0.6) is 0 Å². The van der Waals surface area contributed by atoms with Gasteiger partial charge in [0.05, 0.1) is 11.3 Å². The van der Waals surface area contributed by atoms with Crippen molar-refractivity contribution in [1.82, 2.24) is 9.80 Å². The van der Waals surface area contributed by atoms with Crippen molar-refractivity contribution in [2.24, 2.45) is 4.40 Å². The predicted molar refractivity (Wildman–Crippen MR) is 106 cm³/mol. The second-order valence-corrected chi connectivity index (χ2v) is 8.63. The summed E-state index contributed by atoms with van der Waals surface area (Å²) >= 11 is 0. The highest BCUT2D eigenvalue weighted by Crippen LogP contribution is 2.21. The molecule has 1 aromatic carbocycles. The number of carbonyl (C=O) groups is 1. The van der Waals surface area contributed by atoms with Crippen molar-refractivity contribution < 1.29 is 17.6 Å². The van der Waals surface area contributed by atoms with Gasteiger partial charge in [-0.2, -0.15) is 0 Å². The summed E-state index contributed by atoms with van der Waals surface area (Å²) in [5.41, 5.74) is 1.08. The average Bonchev–Trinajstić information content (AvgIpc) is 2.67. The molecule has 1 aromatic rings. The molecule has 0 aromatic heterocycles. The average molecular weight is 405 g/mol. The summed E-state index contributed by atoms with van der Waals surface area (Å²) in [6, 6.07) is 6.04. The van der Waals surface area contributed by atoms with Crippen molar-refractivity contribution in [3.63, 3.8) is 0 Å². The molecule has 0 radical (unpaired) electrons. The lowest BCUT2D eigenvalue weighted by Gasteiger charge is -2.31. The first-order valence-corrected chi connectivity index (χ1v) is 11.0. The lowest BCUT2D eigenvalue weighted by molar-refractivity contribution is -0.127. The number of sulfonamides is 1. The Morgan fingerprint density at radius 3 is 2.71 bits per heavy atom. The van der Waals surface area contributed by atoms with Crippen LogP contribution in [0.1, 0.15) is 31.7 Å². The number of unbranched alkanes of at least 4 members (excludes halogenated alkanes) is 2. The number of benzene rings is 1. The Balaban J connectivity index is 1.86. The zero-order valence-corrected chi connectivity index (χ0v) is 16.7. The molecule has 0 fully saturated rings. The molecule has 28 heavy (non-hydrogen) atoms. The van der Waals surface area contributed by atoms with E-state index >= 15 is 0 Å². The molecule has 0 aliphatic carbocycles. The minimum absolute atomic E-state index is 0.0713. The van der Waals surface area contributed by atoms with Gasteiger partial charge in [-0.05, 0) is 36.3 Å². The summed E-state index contributed by atoms with van der Waals surface area (Å²) in [5.74, 6) is -0.493. The van der Waals surface area contributed by atoms with E-state index in [2.05, 4.69) is 11.3 Å². The second-order valence-electron chi connectivity index (χ2n) is 6.88. The van der Waals surface area contributed by atoms with Crippen molar-refractivity contribution in [2.45, 2.75) is 32.7 Å². The fraction of sp³-hybridized carbons (Fsp3) is 0.400. The molecule has 2 aliphatic heterocycles. The van der Waals surface area contributed by atoms with Crippen molar-refractivity contribution in [3.05, 3.63) is 59.6 Å². The first-order chi connectivity index (χ1) is 13.4. The van der Waals surface area contributed by atoms with Gasteiger partial charge in [0, 0.05) is 25.8 Å². The van der Waals surface area contributed by atoms with E-state index in [9.17, 15) is 17.6 Å². The third-order valence-electron chi connectivity index (χ3n) is 4.69. The first kappa shape index (κ1) is 20.3. The van der Waals surface area contributed by atoms with Gasteiger partial charge in [-0.3, -0.25) is 4.79 Å². The topological polar surface area (TPSA) is 70.1 Å². The minimum atomic E-state index is -3.57. The predicted octanol–water partition coefficient (Wildman–Crippen LogP) is 2.84. The maximum atomic E-state index is 13.3. The Kier molecular flexibility index (Phi) is 6.28. The number of nitrogens with zero attached hydrogens (tertiary/aromatic N) is 3. The summed E-state index contributed by atoms with van der Waals surface area (Å²) in [6.45, 7) is 3.21. The Labute approximate surface area is 165 Å². The number of carbonyl (C=O) groups excluding carboxylic acids is 1. The Morgan fingerprint density at radius 1 is 1.25 bits per heavy atom. The maximum absolute atomic E-state index is 13.3. The third kappa shape index (κ3) is 4.86. The molecular weight excluding hydrogens is 381 g/mol. The molecule has 0 N–H and O–H groups in total. The van der Waals surface area contributed by atoms with Crippen molar-refractivity contribution in [2.75, 3.05) is 18.8 Å². The van der Waals surface area contributed by atoms with Gasteiger partial charge in [-0.15, -0.1) is 4.40 Å². The van der Waals surface area contributed by atoms with E-state index in [1.54, 1.807) is 40.3 Å². The normalized spacial score (nSPS) is 17.6. The molecule has 0 saturated heterocycles. The fourth-order valence-electron chi connectivity index (χ4n) is 3.17. The number of amides is 1. The van der Waals surface area contributed by atoms with Gasteiger partial charge in [0.15, 0.2) is 5.84 Å². The number of halogens is 1. The minimum Gasteiger partial charge on any atom is -0.334 e. The van der Waals surface area contributed by atoms with Crippen LogP contribution in [0.4, 0.5) is 4.39 Å². The zero-order valence-electron chi connectivity index (χ0n) is 15.8. The Morgan fingerprint density at radius 2 is 2.00 bits per heavy atom. The molecule has 0 atom stereocenters. The highest BCUT2D eigenvalue weighted by molar-refractivity contribution is 7.90. The quantitative estimate of drug-likeness (QED) is 0.654. The summed E-state index contributed by atoms with van der Waals surface area (Å²) in [7, 11) is -3.57. The van der Waals surface area contributed by atoms with Gasteiger partial charge in [0.2, 0.25) is 0 Å². The molecule has 0 bridgehead atoms. The van der Waals surface area contributed by atoms with Gasteiger partial charge >= 0.3 is 0 Å². The molecule has 0 spiro atoms. The van der Waals surface area contributed by atoms with Crippen molar-refractivity contribution in [3.8, 4) is 0 Å². The van der Waals surface area contributed by atoms with Crippen LogP contribution in [-0.4, -0.2) is 48.8 Å². The van der Waals surface area contributed by atoms with Crippen LogP contribution in [0.2, 0.25) is 0 Å². The number of fused-ring (bicyclic) bond motifs is 1. The van der Waals surface area contributed by atoms with Gasteiger partial charge in [0.1, 0.15) is 5.82 Å². The summed E-state index contributed by atoms with van der Waals surface area (Å²) in [6.07, 6.45) is 7.89. The Hall–Kier alpha value is -2.48. The highest BCUT2D eigenvalue weighted by Gasteiger charge is 2.32. The van der Waals surface area contributed by atoms with Gasteiger partial charge in [-0.1, -0.05) is 31.9 Å². The SMILES string of the molecule is CCCCCN(Cc1ccc(F)cc1)C(=O)C1=CC=CN2CCS(=O)(=O)N=C12. The van der Waals surface area contributed by atoms with Crippen LogP contribution < -0.4 is 0 Å². The fourth-order valence-corrected chi connectivity index (χ4v) is 4.15. The molecule has 2 heterocycles. The van der Waals surface area contributed by atoms with Crippen LogP contribution >= 0.6 is 0 Å². The molecule has 1 amide bonds. The largest absolute Gasteiger partial charge is 0.334 e. The van der Waals surface area contributed by atoms with Crippen LogP contribution in [0, 0.1) is 5.82 Å². The summed E-state index contributed by atoms with van der Waals surface area (Å²) < 4.78 is 40.9. The monoisotopic (exact) mass is 405 g/mol. The molecule has 0 unspecified atom stereocenters. The van der Waals surface area contributed by atoms with Crippen LogP contribution in [0.25, 0.3) is 0 Å². The van der Waals surface area contributed by atoms with Crippen molar-refractivity contribution >= 4 is 21.8 Å². The number of allylic oxidation sites excluding steroid dienone is 2. The lowest BCUT2D eigenvalue weighted by atomic mass is 10.1. The molecule has 6 nitrogen and oxygen atoms in total. The standard InChI is InChI=1S/C20H24FN3O3S/c1-2-3-4-11-24(15-16-7-9-17(21)10-8-16)20(25)18-6-5-12-23-13-14-28(26,27)22-19(18)23/h5-10,12H,2-4,11,13-15H2,1H3. The zero-order chi connectivity index (χ0) is 20.1. The van der Waals surface area contributed by atoms with Crippen LogP contribution in [-0.2, 0) is 21.4 Å². The molecule has 150 valence electrons. The van der Waals surface area contributed by atoms with Crippen molar-refractivity contribution in [1.29, 1.82) is 0 Å². The maximum Gasteiger partial charge on any atom is 0.257 e. The summed E-state index contributed by atoms with van der Waals surface area (Å²) in [5, 5.41) is 0.